The van der Waals surface area contributed by atoms with E-state index in [1.165, 1.54) is 22.9 Å². The smallest absolute Gasteiger partial charge is 0.266 e. The van der Waals surface area contributed by atoms with Crippen LogP contribution in [0.4, 0.5) is 17.6 Å². The van der Waals surface area contributed by atoms with Crippen molar-refractivity contribution in [1.82, 2.24) is 3.53 Å². The summed E-state index contributed by atoms with van der Waals surface area (Å²) in [6.07, 6.45) is 0. The van der Waals surface area contributed by atoms with Crippen molar-refractivity contribution in [2.45, 2.75) is 0 Å². The zero-order valence-electron chi connectivity index (χ0n) is 6.75. The Bertz CT molecular complexity index is 408. The highest BCUT2D eigenvalue weighted by atomic mass is 127. The highest BCUT2D eigenvalue weighted by Crippen LogP contribution is 2.28. The lowest BCUT2D eigenvalue weighted by atomic mass is 10.1. The van der Waals surface area contributed by atoms with Gasteiger partial charge in [-0.25, -0.2) is 8.78 Å². The molecule has 15 heavy (non-hydrogen) atoms. The first-order valence-electron chi connectivity index (χ1n) is 3.37. The number of halogens is 5. The Hall–Kier alpha value is -1.06. The average molecular weight is 335 g/mol. The van der Waals surface area contributed by atoms with Gasteiger partial charge in [-0.3, -0.25) is 8.32 Å². The van der Waals surface area contributed by atoms with Gasteiger partial charge in [0.05, 0.1) is 22.9 Å². The number of benzene rings is 1. The molecular weight excluding hydrogens is 333 g/mol. The van der Waals surface area contributed by atoms with E-state index in [9.17, 15) is 22.4 Å². The monoisotopic (exact) mass is 335 g/mol. The lowest BCUT2D eigenvalue weighted by molar-refractivity contribution is 0.0978. The van der Waals surface area contributed by atoms with Gasteiger partial charge in [-0.1, -0.05) is 0 Å². The number of aromatic hydroxyl groups is 1. The number of hydrogen-bond donors (Lipinski definition) is 2. The maximum atomic E-state index is 12.9. The molecule has 0 unspecified atom stereocenters. The molecule has 0 fully saturated rings. The Labute approximate surface area is 94.6 Å². The Morgan fingerprint density at radius 3 is 1.80 bits per heavy atom. The summed E-state index contributed by atoms with van der Waals surface area (Å²) in [4.78, 5) is 10.9. The number of rotatable bonds is 1. The summed E-state index contributed by atoms with van der Waals surface area (Å²) < 4.78 is 53.1. The van der Waals surface area contributed by atoms with E-state index in [0.717, 1.165) is 0 Å². The van der Waals surface area contributed by atoms with Crippen molar-refractivity contribution in [3.8, 4) is 5.75 Å². The second kappa shape index (κ2) is 4.21. The van der Waals surface area contributed by atoms with E-state index in [-0.39, 0.29) is 0 Å². The SMILES string of the molecule is O=C(NI)c1c(F)c(F)c(O)c(F)c1F. The molecule has 1 amide bonds. The van der Waals surface area contributed by atoms with Gasteiger partial charge in [0, 0.05) is 0 Å². The summed E-state index contributed by atoms with van der Waals surface area (Å²) in [5.41, 5.74) is -1.42. The Kier molecular flexibility index (Phi) is 3.37. The molecule has 0 aliphatic carbocycles. The quantitative estimate of drug-likeness (QED) is 0.357. The van der Waals surface area contributed by atoms with E-state index >= 15 is 0 Å². The fourth-order valence-electron chi connectivity index (χ4n) is 0.867. The number of carbonyl (C=O) groups is 1. The minimum absolute atomic E-state index is 1.24. The Balaban J connectivity index is 3.60. The van der Waals surface area contributed by atoms with Crippen LogP contribution in [0, 0.1) is 23.3 Å². The van der Waals surface area contributed by atoms with E-state index in [2.05, 4.69) is 0 Å². The summed E-state index contributed by atoms with van der Waals surface area (Å²) >= 11 is 1.24. The van der Waals surface area contributed by atoms with Gasteiger partial charge in [0.1, 0.15) is 5.56 Å². The van der Waals surface area contributed by atoms with E-state index in [1.807, 2.05) is 0 Å². The first-order chi connectivity index (χ1) is 6.91. The van der Waals surface area contributed by atoms with Gasteiger partial charge in [0.25, 0.3) is 5.91 Å². The van der Waals surface area contributed by atoms with Crippen molar-refractivity contribution in [3.63, 3.8) is 0 Å². The minimum atomic E-state index is -2.01. The molecule has 0 spiro atoms. The molecule has 0 aromatic heterocycles. The first-order valence-corrected chi connectivity index (χ1v) is 4.45. The predicted octanol–water partition coefficient (Wildman–Crippen LogP) is 2.03. The number of carbonyl (C=O) groups excluding carboxylic acids is 1. The van der Waals surface area contributed by atoms with E-state index in [4.69, 9.17) is 5.11 Å². The molecule has 0 aliphatic rings. The highest BCUT2D eigenvalue weighted by Gasteiger charge is 2.28. The van der Waals surface area contributed by atoms with Crippen LogP contribution in [0.3, 0.4) is 0 Å². The molecule has 0 atom stereocenters. The Morgan fingerprint density at radius 1 is 1.07 bits per heavy atom. The maximum Gasteiger partial charge on any atom is 0.266 e. The topological polar surface area (TPSA) is 49.3 Å². The summed E-state index contributed by atoms with van der Waals surface area (Å²) in [6, 6.07) is 0. The lowest BCUT2D eigenvalue weighted by Crippen LogP contribution is -2.18. The van der Waals surface area contributed by atoms with Gasteiger partial charge in [-0.05, 0) is 0 Å². The van der Waals surface area contributed by atoms with Gasteiger partial charge in [-0.2, -0.15) is 8.78 Å². The predicted molar refractivity (Wildman–Crippen MR) is 49.4 cm³/mol. The van der Waals surface area contributed by atoms with Gasteiger partial charge < -0.3 is 5.11 Å². The minimum Gasteiger partial charge on any atom is -0.503 e. The fourth-order valence-corrected chi connectivity index (χ4v) is 1.14. The molecule has 82 valence electrons. The molecule has 0 bridgehead atoms. The van der Waals surface area contributed by atoms with Crippen LogP contribution >= 0.6 is 22.9 Å². The lowest BCUT2D eigenvalue weighted by Gasteiger charge is -2.06. The van der Waals surface area contributed by atoms with Crippen LogP contribution < -0.4 is 3.53 Å². The molecule has 3 nitrogen and oxygen atoms in total. The number of phenolic OH excluding ortho intramolecular Hbond substituents is 1. The van der Waals surface area contributed by atoms with Crippen molar-refractivity contribution < 1.29 is 27.5 Å². The number of nitrogens with one attached hydrogen (secondary N) is 1. The molecule has 0 radical (unpaired) electrons. The molecule has 1 rings (SSSR count). The van der Waals surface area contributed by atoms with Crippen LogP contribution in [0.5, 0.6) is 5.75 Å². The van der Waals surface area contributed by atoms with Crippen LogP contribution in [0.15, 0.2) is 0 Å². The number of phenols is 1. The van der Waals surface area contributed by atoms with Gasteiger partial charge >= 0.3 is 0 Å². The molecule has 8 heteroatoms. The highest BCUT2D eigenvalue weighted by molar-refractivity contribution is 14.1. The third-order valence-corrected chi connectivity index (χ3v) is 2.04. The number of hydrogen-bond acceptors (Lipinski definition) is 2. The standard InChI is InChI=1S/C7H2F4INO2/c8-2-1(7(15)13-12)3(9)5(11)6(14)4(2)10/h14H,(H,13,15). The van der Waals surface area contributed by atoms with Crippen LogP contribution in [0.2, 0.25) is 0 Å². The Morgan fingerprint density at radius 2 is 1.47 bits per heavy atom. The second-order valence-corrected chi connectivity index (χ2v) is 2.94. The van der Waals surface area contributed by atoms with Crippen molar-refractivity contribution in [3.05, 3.63) is 28.8 Å². The zero-order chi connectivity index (χ0) is 11.7. The average Bonchev–Trinajstić information content (AvgIpc) is 2.23. The molecule has 1 aromatic rings. The summed E-state index contributed by atoms with van der Waals surface area (Å²) in [7, 11) is 0. The van der Waals surface area contributed by atoms with E-state index < -0.39 is 40.5 Å². The van der Waals surface area contributed by atoms with E-state index in [1.54, 1.807) is 3.53 Å². The van der Waals surface area contributed by atoms with E-state index in [0.29, 0.717) is 0 Å². The normalized spacial score (nSPS) is 10.2. The maximum absolute atomic E-state index is 12.9. The summed E-state index contributed by atoms with van der Waals surface area (Å²) in [6.45, 7) is 0. The first kappa shape index (κ1) is 12.0. The zero-order valence-corrected chi connectivity index (χ0v) is 8.90. The molecular formula is C7H2F4INO2. The van der Waals surface area contributed by atoms with Crippen molar-refractivity contribution in [2.24, 2.45) is 0 Å². The summed E-state index contributed by atoms with van der Waals surface area (Å²) in [5.74, 6) is -11.0. The second-order valence-electron chi connectivity index (χ2n) is 2.40. The van der Waals surface area contributed by atoms with Crippen LogP contribution in [0.1, 0.15) is 10.4 Å². The van der Waals surface area contributed by atoms with Crippen LogP contribution in [-0.4, -0.2) is 11.0 Å². The molecule has 0 saturated heterocycles. The van der Waals surface area contributed by atoms with Gasteiger partial charge in [0.15, 0.2) is 17.4 Å². The third kappa shape index (κ3) is 1.85. The molecule has 0 aliphatic heterocycles. The molecule has 1 aromatic carbocycles. The van der Waals surface area contributed by atoms with Crippen molar-refractivity contribution in [2.75, 3.05) is 0 Å². The van der Waals surface area contributed by atoms with Crippen molar-refractivity contribution in [1.29, 1.82) is 0 Å². The van der Waals surface area contributed by atoms with Gasteiger partial charge in [-0.15, -0.1) is 0 Å². The molecule has 2 N–H and O–H groups in total. The van der Waals surface area contributed by atoms with Crippen LogP contribution in [0.25, 0.3) is 0 Å². The number of amides is 1. The largest absolute Gasteiger partial charge is 0.503 e. The third-order valence-electron chi connectivity index (χ3n) is 1.55. The molecule has 0 heterocycles. The summed E-state index contributed by atoms with van der Waals surface area (Å²) in [5, 5.41) is 8.58. The van der Waals surface area contributed by atoms with Crippen LogP contribution in [-0.2, 0) is 0 Å². The van der Waals surface area contributed by atoms with Gasteiger partial charge in [0.2, 0.25) is 11.6 Å². The fraction of sp³-hybridized carbons (Fsp3) is 0. The van der Waals surface area contributed by atoms with Crippen molar-refractivity contribution >= 4 is 28.8 Å². The molecule has 0 saturated carbocycles.